The van der Waals surface area contributed by atoms with Crippen LogP contribution >= 0.6 is 0 Å². The highest BCUT2D eigenvalue weighted by Gasteiger charge is 2.26. The van der Waals surface area contributed by atoms with Crippen LogP contribution in [0.1, 0.15) is 31.7 Å². The topological polar surface area (TPSA) is 118 Å². The fraction of sp³-hybridized carbons (Fsp3) is 0.538. The number of nitrogens with zero attached hydrogens (tertiary/aromatic N) is 6. The van der Waals surface area contributed by atoms with Crippen LogP contribution in [0.4, 0.5) is 16.3 Å². The molecule has 2 saturated heterocycles. The van der Waals surface area contributed by atoms with Crippen LogP contribution in [0, 0.1) is 0 Å². The molecule has 0 spiro atoms. The molecule has 0 aliphatic carbocycles. The summed E-state index contributed by atoms with van der Waals surface area (Å²) in [7, 11) is 1.34. The number of carbonyl (C=O) groups excluding carboxylic acids is 1. The minimum Gasteiger partial charge on any atom is -0.453 e. The molecule has 2 N–H and O–H groups in total. The van der Waals surface area contributed by atoms with Crippen molar-refractivity contribution in [2.75, 3.05) is 69.9 Å². The van der Waals surface area contributed by atoms with Gasteiger partial charge in [0.05, 0.1) is 37.9 Å². The number of fused-ring (bicyclic) bond motifs is 1. The number of hydrogen-bond acceptors (Lipinski definition) is 9. The van der Waals surface area contributed by atoms with Gasteiger partial charge >= 0.3 is 6.09 Å². The third kappa shape index (κ3) is 5.84. The van der Waals surface area contributed by atoms with Gasteiger partial charge in [-0.15, -0.1) is 0 Å². The summed E-state index contributed by atoms with van der Waals surface area (Å²) >= 11 is 0. The molecule has 0 atom stereocenters. The molecule has 11 heteroatoms. The van der Waals surface area contributed by atoms with E-state index in [-0.39, 0.29) is 12.6 Å². The molecule has 0 bridgehead atoms. The molecular formula is C26H35N7O4. The van der Waals surface area contributed by atoms with E-state index in [4.69, 9.17) is 24.9 Å². The molecule has 37 heavy (non-hydrogen) atoms. The van der Waals surface area contributed by atoms with Gasteiger partial charge in [-0.1, -0.05) is 0 Å². The quantitative estimate of drug-likeness (QED) is 0.442. The zero-order chi connectivity index (χ0) is 25.6. The second kappa shape index (κ2) is 11.8. The SMILES string of the molecule is COC(=O)Nc1ccc(-c2nc(N3CCOCC3)c3cnn(C4CCN(CCCCO)CC4)c3n2)cc1. The van der Waals surface area contributed by atoms with Gasteiger partial charge in [0, 0.05) is 44.0 Å². The van der Waals surface area contributed by atoms with E-state index in [9.17, 15) is 4.79 Å². The molecule has 4 heterocycles. The summed E-state index contributed by atoms with van der Waals surface area (Å²) < 4.78 is 12.3. The molecule has 1 amide bonds. The zero-order valence-corrected chi connectivity index (χ0v) is 21.3. The largest absolute Gasteiger partial charge is 0.453 e. The van der Waals surface area contributed by atoms with Crippen molar-refractivity contribution in [1.29, 1.82) is 0 Å². The number of amides is 1. The number of hydrogen-bond donors (Lipinski definition) is 2. The monoisotopic (exact) mass is 509 g/mol. The minimum atomic E-state index is -0.511. The Morgan fingerprint density at radius 3 is 2.57 bits per heavy atom. The maximum Gasteiger partial charge on any atom is 0.411 e. The number of ether oxygens (including phenoxy) is 2. The van der Waals surface area contributed by atoms with Crippen molar-refractivity contribution in [3.05, 3.63) is 30.5 Å². The molecular weight excluding hydrogens is 474 g/mol. The van der Waals surface area contributed by atoms with Crippen molar-refractivity contribution < 1.29 is 19.4 Å². The third-order valence-corrected chi connectivity index (χ3v) is 7.10. The lowest BCUT2D eigenvalue weighted by Gasteiger charge is -2.32. The van der Waals surface area contributed by atoms with Crippen molar-refractivity contribution in [2.24, 2.45) is 0 Å². The number of anilines is 2. The summed E-state index contributed by atoms with van der Waals surface area (Å²) in [5, 5.41) is 17.5. The van der Waals surface area contributed by atoms with Gasteiger partial charge in [-0.2, -0.15) is 5.10 Å². The second-order valence-corrected chi connectivity index (χ2v) is 9.49. The number of aliphatic hydroxyl groups excluding tert-OH is 1. The van der Waals surface area contributed by atoms with E-state index < -0.39 is 6.09 Å². The van der Waals surface area contributed by atoms with E-state index in [0.717, 1.165) is 80.8 Å². The van der Waals surface area contributed by atoms with E-state index in [1.165, 1.54) is 7.11 Å². The van der Waals surface area contributed by atoms with Crippen LogP contribution < -0.4 is 10.2 Å². The molecule has 11 nitrogen and oxygen atoms in total. The lowest BCUT2D eigenvalue weighted by Crippen LogP contribution is -2.37. The molecule has 5 rings (SSSR count). The first-order valence-electron chi connectivity index (χ1n) is 13.0. The normalized spacial score (nSPS) is 17.3. The maximum atomic E-state index is 11.6. The van der Waals surface area contributed by atoms with Crippen molar-refractivity contribution in [2.45, 2.75) is 31.7 Å². The van der Waals surface area contributed by atoms with E-state index in [1.54, 1.807) is 0 Å². The Balaban J connectivity index is 1.44. The molecule has 2 aliphatic heterocycles. The molecule has 1 aromatic carbocycles. The van der Waals surface area contributed by atoms with E-state index >= 15 is 0 Å². The molecule has 2 fully saturated rings. The number of piperidine rings is 1. The first-order valence-corrected chi connectivity index (χ1v) is 13.0. The summed E-state index contributed by atoms with van der Waals surface area (Å²) in [6.07, 6.45) is 5.29. The van der Waals surface area contributed by atoms with E-state index in [0.29, 0.717) is 24.7 Å². The first kappa shape index (κ1) is 25.4. The average Bonchev–Trinajstić information content (AvgIpc) is 3.38. The van der Waals surface area contributed by atoms with Crippen LogP contribution in [-0.2, 0) is 9.47 Å². The number of benzene rings is 1. The fourth-order valence-corrected chi connectivity index (χ4v) is 5.03. The highest BCUT2D eigenvalue weighted by Crippen LogP contribution is 2.32. The fourth-order valence-electron chi connectivity index (χ4n) is 5.03. The molecule has 0 unspecified atom stereocenters. The molecule has 198 valence electrons. The highest BCUT2D eigenvalue weighted by atomic mass is 16.5. The number of morpholine rings is 1. The van der Waals surface area contributed by atoms with Gasteiger partial charge in [-0.25, -0.2) is 19.4 Å². The van der Waals surface area contributed by atoms with Crippen LogP contribution in [0.3, 0.4) is 0 Å². The number of methoxy groups -OCH3 is 1. The number of carbonyl (C=O) groups is 1. The Kier molecular flexibility index (Phi) is 8.12. The lowest BCUT2D eigenvalue weighted by atomic mass is 10.0. The lowest BCUT2D eigenvalue weighted by molar-refractivity contribution is 0.122. The van der Waals surface area contributed by atoms with E-state index in [1.807, 2.05) is 30.5 Å². The Morgan fingerprint density at radius 1 is 1.11 bits per heavy atom. The molecule has 0 radical (unpaired) electrons. The first-order chi connectivity index (χ1) is 18.2. The Labute approximate surface area is 216 Å². The van der Waals surface area contributed by atoms with Crippen molar-refractivity contribution in [3.8, 4) is 11.4 Å². The molecule has 3 aromatic rings. The molecule has 0 saturated carbocycles. The van der Waals surface area contributed by atoms with Gasteiger partial charge < -0.3 is 24.4 Å². The summed E-state index contributed by atoms with van der Waals surface area (Å²) in [5.74, 6) is 1.51. The van der Waals surface area contributed by atoms with Crippen LogP contribution in [0.5, 0.6) is 0 Å². The Bertz CT molecular complexity index is 1190. The van der Waals surface area contributed by atoms with Gasteiger partial charge in [0.2, 0.25) is 0 Å². The molecule has 2 aliphatic rings. The van der Waals surface area contributed by atoms with E-state index in [2.05, 4.69) is 24.5 Å². The Morgan fingerprint density at radius 2 is 1.86 bits per heavy atom. The van der Waals surface area contributed by atoms with Gasteiger partial charge in [0.25, 0.3) is 0 Å². The number of rotatable bonds is 8. The highest BCUT2D eigenvalue weighted by molar-refractivity contribution is 5.89. The van der Waals surface area contributed by atoms with Crippen molar-refractivity contribution in [1.82, 2.24) is 24.6 Å². The maximum absolute atomic E-state index is 11.6. The predicted octanol–water partition coefficient (Wildman–Crippen LogP) is 2.92. The Hall–Kier alpha value is -3.28. The van der Waals surface area contributed by atoms with Crippen LogP contribution in [-0.4, -0.2) is 95.5 Å². The third-order valence-electron chi connectivity index (χ3n) is 7.10. The minimum absolute atomic E-state index is 0.258. The number of unbranched alkanes of at least 4 members (excludes halogenated alkanes) is 1. The van der Waals surface area contributed by atoms with Crippen LogP contribution in [0.25, 0.3) is 22.4 Å². The number of aromatic nitrogens is 4. The van der Waals surface area contributed by atoms with Gasteiger partial charge in [0.1, 0.15) is 5.82 Å². The van der Waals surface area contributed by atoms with Crippen LogP contribution in [0.15, 0.2) is 30.5 Å². The number of nitrogens with one attached hydrogen (secondary N) is 1. The van der Waals surface area contributed by atoms with Gasteiger partial charge in [-0.05, 0) is 56.5 Å². The number of likely N-dealkylation sites (tertiary alicyclic amines) is 1. The van der Waals surface area contributed by atoms with Gasteiger partial charge in [0.15, 0.2) is 11.5 Å². The van der Waals surface area contributed by atoms with Crippen LogP contribution in [0.2, 0.25) is 0 Å². The standard InChI is InChI=1S/C26H35N7O4/c1-36-26(35)28-20-6-4-19(5-7-20)23-29-24(32-13-16-37-17-14-32)22-18-27-33(25(22)30-23)21-8-11-31(12-9-21)10-2-3-15-34/h4-7,18,21,34H,2-3,8-17H2,1H3,(H,28,35). The second-order valence-electron chi connectivity index (χ2n) is 9.49. The summed E-state index contributed by atoms with van der Waals surface area (Å²) in [5.41, 5.74) is 2.35. The summed E-state index contributed by atoms with van der Waals surface area (Å²) in [4.78, 5) is 26.3. The smallest absolute Gasteiger partial charge is 0.411 e. The van der Waals surface area contributed by atoms with Gasteiger partial charge in [-0.3, -0.25) is 5.32 Å². The number of aliphatic hydroxyl groups is 1. The summed E-state index contributed by atoms with van der Waals surface area (Å²) in [6.45, 7) is 6.18. The molecule has 2 aromatic heterocycles. The van der Waals surface area contributed by atoms with Crippen molar-refractivity contribution >= 4 is 28.6 Å². The average molecular weight is 510 g/mol. The zero-order valence-electron chi connectivity index (χ0n) is 21.3. The predicted molar refractivity (Wildman–Crippen MR) is 141 cm³/mol. The van der Waals surface area contributed by atoms with Crippen molar-refractivity contribution in [3.63, 3.8) is 0 Å². The summed E-state index contributed by atoms with van der Waals surface area (Å²) in [6, 6.07) is 7.72.